The Hall–Kier alpha value is -1.88. The second kappa shape index (κ2) is 4.66. The van der Waals surface area contributed by atoms with E-state index in [0.29, 0.717) is 17.8 Å². The zero-order chi connectivity index (χ0) is 13.4. The second-order valence-electron chi connectivity index (χ2n) is 5.26. The largest absolute Gasteiger partial charge is 0.406 e. The number of hydrogen-bond acceptors (Lipinski definition) is 5. The van der Waals surface area contributed by atoms with Crippen molar-refractivity contribution in [1.29, 1.82) is 0 Å². The van der Waals surface area contributed by atoms with Gasteiger partial charge in [-0.3, -0.25) is 4.90 Å². The molecule has 2 unspecified atom stereocenters. The molecule has 1 aliphatic rings. The van der Waals surface area contributed by atoms with Gasteiger partial charge in [-0.1, -0.05) is 30.2 Å². The van der Waals surface area contributed by atoms with Gasteiger partial charge in [-0.05, 0) is 30.9 Å². The van der Waals surface area contributed by atoms with Crippen LogP contribution in [-0.4, -0.2) is 16.7 Å². The van der Waals surface area contributed by atoms with Gasteiger partial charge in [-0.25, -0.2) is 0 Å². The summed E-state index contributed by atoms with van der Waals surface area (Å²) < 4.78 is 5.67. The number of nitrogens with zero attached hydrogens (tertiary/aromatic N) is 3. The molecule has 5 nitrogen and oxygen atoms in total. The topological polar surface area (TPSA) is 68.2 Å². The predicted octanol–water partition coefficient (Wildman–Crippen LogP) is 2.42. The van der Waals surface area contributed by atoms with Crippen molar-refractivity contribution in [3.05, 3.63) is 35.7 Å². The van der Waals surface area contributed by atoms with Crippen LogP contribution in [0.4, 0.5) is 11.7 Å². The smallest absolute Gasteiger partial charge is 0.322 e. The monoisotopic (exact) mass is 258 g/mol. The number of hydrogen-bond donors (Lipinski definition) is 1. The summed E-state index contributed by atoms with van der Waals surface area (Å²) in [6, 6.07) is 8.64. The maximum Gasteiger partial charge on any atom is 0.322 e. The Bertz CT molecular complexity index is 578. The molecule has 1 aromatic heterocycles. The number of nitrogens with two attached hydrogens (primary N) is 1. The highest BCUT2D eigenvalue weighted by Crippen LogP contribution is 2.34. The molecule has 2 heterocycles. The van der Waals surface area contributed by atoms with Crippen LogP contribution < -0.4 is 10.6 Å². The molecule has 1 aliphatic heterocycles. The van der Waals surface area contributed by atoms with E-state index in [4.69, 9.17) is 10.2 Å². The van der Waals surface area contributed by atoms with E-state index in [0.717, 1.165) is 18.7 Å². The van der Waals surface area contributed by atoms with Gasteiger partial charge in [-0.2, -0.15) is 0 Å². The molecule has 1 aromatic carbocycles. The number of rotatable bonds is 2. The Labute approximate surface area is 112 Å². The van der Waals surface area contributed by atoms with Gasteiger partial charge in [0.15, 0.2) is 0 Å². The third-order valence-electron chi connectivity index (χ3n) is 3.40. The van der Waals surface area contributed by atoms with Crippen LogP contribution in [-0.2, 0) is 6.42 Å². The summed E-state index contributed by atoms with van der Waals surface area (Å²) in [6.45, 7) is 4.95. The van der Waals surface area contributed by atoms with E-state index in [1.807, 2.05) is 13.0 Å². The molecule has 0 fully saturated rings. The number of anilines is 2. The number of benzene rings is 1. The molecule has 2 atom stereocenters. The maximum atomic E-state index is 5.76. The van der Waals surface area contributed by atoms with E-state index in [1.165, 1.54) is 5.56 Å². The molecule has 2 aromatic rings. The van der Waals surface area contributed by atoms with E-state index in [1.54, 1.807) is 0 Å². The maximum absolute atomic E-state index is 5.76. The highest BCUT2D eigenvalue weighted by atomic mass is 16.4. The number of fused-ring (bicyclic) bond motifs is 1. The van der Waals surface area contributed by atoms with E-state index in [2.05, 4.69) is 40.2 Å². The molecule has 0 amide bonds. The highest BCUT2D eigenvalue weighted by molar-refractivity contribution is 5.62. The summed E-state index contributed by atoms with van der Waals surface area (Å²) >= 11 is 0. The summed E-state index contributed by atoms with van der Waals surface area (Å²) in [6.07, 6.45) is 1.08. The minimum absolute atomic E-state index is 0.237. The zero-order valence-electron chi connectivity index (χ0n) is 11.2. The quantitative estimate of drug-likeness (QED) is 0.896. The van der Waals surface area contributed by atoms with E-state index < -0.39 is 0 Å². The third kappa shape index (κ3) is 2.21. The lowest BCUT2D eigenvalue weighted by molar-refractivity contribution is 0.451. The molecule has 0 spiro atoms. The van der Waals surface area contributed by atoms with Crippen LogP contribution in [0.2, 0.25) is 0 Å². The Balaban J connectivity index is 2.00. The van der Waals surface area contributed by atoms with Crippen LogP contribution in [0.3, 0.4) is 0 Å². The van der Waals surface area contributed by atoms with E-state index in [-0.39, 0.29) is 6.04 Å². The molecular formula is C14H18N4O. The molecular weight excluding hydrogens is 240 g/mol. The molecule has 100 valence electrons. The van der Waals surface area contributed by atoms with Gasteiger partial charge >= 0.3 is 6.01 Å². The molecule has 0 saturated carbocycles. The first-order chi connectivity index (χ1) is 9.15. The van der Waals surface area contributed by atoms with Gasteiger partial charge in [-0.15, -0.1) is 5.10 Å². The van der Waals surface area contributed by atoms with Crippen molar-refractivity contribution in [3.63, 3.8) is 0 Å². The summed E-state index contributed by atoms with van der Waals surface area (Å²) in [5, 5.41) is 8.13. The van der Waals surface area contributed by atoms with Crippen LogP contribution in [0.5, 0.6) is 0 Å². The van der Waals surface area contributed by atoms with Crippen molar-refractivity contribution in [3.8, 4) is 0 Å². The van der Waals surface area contributed by atoms with Gasteiger partial charge in [0.2, 0.25) is 5.89 Å². The van der Waals surface area contributed by atoms with Crippen LogP contribution in [0.1, 0.15) is 31.3 Å². The Morgan fingerprint density at radius 2 is 2.16 bits per heavy atom. The fourth-order valence-corrected chi connectivity index (χ4v) is 2.50. The first-order valence-electron chi connectivity index (χ1n) is 6.59. The van der Waals surface area contributed by atoms with Gasteiger partial charge in [0.25, 0.3) is 0 Å². The predicted molar refractivity (Wildman–Crippen MR) is 73.2 cm³/mol. The van der Waals surface area contributed by atoms with Crippen molar-refractivity contribution in [2.75, 3.05) is 11.4 Å². The molecule has 0 saturated heterocycles. The van der Waals surface area contributed by atoms with Crippen molar-refractivity contribution in [1.82, 2.24) is 10.2 Å². The lowest BCUT2D eigenvalue weighted by atomic mass is 9.94. The van der Waals surface area contributed by atoms with E-state index >= 15 is 0 Å². The molecule has 0 bridgehead atoms. The Morgan fingerprint density at radius 3 is 2.89 bits per heavy atom. The van der Waals surface area contributed by atoms with Crippen LogP contribution in [0.15, 0.2) is 28.7 Å². The molecule has 3 rings (SSSR count). The standard InChI is InChI=1S/C14H18N4O/c1-9-7-11-5-3-4-6-12(11)18(8-9)14-17-16-13(19-14)10(2)15/h3-6,9-10H,7-8,15H2,1-2H3. The van der Waals surface area contributed by atoms with Crippen molar-refractivity contribution < 1.29 is 4.42 Å². The van der Waals surface area contributed by atoms with Crippen LogP contribution >= 0.6 is 0 Å². The average molecular weight is 258 g/mol. The van der Waals surface area contributed by atoms with Crippen molar-refractivity contribution >= 4 is 11.7 Å². The molecule has 0 aliphatic carbocycles. The fourth-order valence-electron chi connectivity index (χ4n) is 2.50. The molecule has 0 radical (unpaired) electrons. The second-order valence-corrected chi connectivity index (χ2v) is 5.26. The summed E-state index contributed by atoms with van der Waals surface area (Å²) in [5.74, 6) is 1.03. The average Bonchev–Trinajstić information content (AvgIpc) is 2.87. The normalized spacial score (nSPS) is 20.2. The SMILES string of the molecule is CC1Cc2ccccc2N(c2nnc(C(C)N)o2)C1. The molecule has 2 N–H and O–H groups in total. The highest BCUT2D eigenvalue weighted by Gasteiger charge is 2.26. The lowest BCUT2D eigenvalue weighted by Crippen LogP contribution is -2.30. The Kier molecular flexibility index (Phi) is 2.98. The minimum Gasteiger partial charge on any atom is -0.406 e. The van der Waals surface area contributed by atoms with Gasteiger partial charge in [0, 0.05) is 12.2 Å². The van der Waals surface area contributed by atoms with Crippen molar-refractivity contribution in [2.45, 2.75) is 26.3 Å². The lowest BCUT2D eigenvalue weighted by Gasteiger charge is -2.31. The summed E-state index contributed by atoms with van der Waals surface area (Å²) in [4.78, 5) is 2.09. The first kappa shape index (κ1) is 12.2. The third-order valence-corrected chi connectivity index (χ3v) is 3.40. The van der Waals surface area contributed by atoms with Crippen LogP contribution in [0, 0.1) is 5.92 Å². The number of para-hydroxylation sites is 1. The van der Waals surface area contributed by atoms with Gasteiger partial charge in [0.05, 0.1) is 6.04 Å². The minimum atomic E-state index is -0.237. The molecule has 19 heavy (non-hydrogen) atoms. The summed E-state index contributed by atoms with van der Waals surface area (Å²) in [7, 11) is 0. The van der Waals surface area contributed by atoms with Gasteiger partial charge < -0.3 is 10.2 Å². The number of aromatic nitrogens is 2. The zero-order valence-corrected chi connectivity index (χ0v) is 11.2. The first-order valence-corrected chi connectivity index (χ1v) is 6.59. The van der Waals surface area contributed by atoms with E-state index in [9.17, 15) is 0 Å². The fraction of sp³-hybridized carbons (Fsp3) is 0.429. The molecule has 5 heteroatoms. The Morgan fingerprint density at radius 1 is 1.37 bits per heavy atom. The summed E-state index contributed by atoms with van der Waals surface area (Å²) in [5.41, 5.74) is 8.24. The van der Waals surface area contributed by atoms with Crippen molar-refractivity contribution in [2.24, 2.45) is 11.7 Å². The van der Waals surface area contributed by atoms with Crippen LogP contribution in [0.25, 0.3) is 0 Å². The van der Waals surface area contributed by atoms with Gasteiger partial charge in [0.1, 0.15) is 0 Å².